The summed E-state index contributed by atoms with van der Waals surface area (Å²) in [6.07, 6.45) is 7.16. The quantitative estimate of drug-likeness (QED) is 0.798. The highest BCUT2D eigenvalue weighted by Gasteiger charge is 2.45. The largest absolute Gasteiger partial charge is 0.508 e. The molecule has 0 amide bonds. The number of rotatable bonds is 1. The number of ether oxygens (including phenoxy) is 1. The molecule has 4 heteroatoms. The number of nitriles is 1. The highest BCUT2D eigenvalue weighted by atomic mass is 16.5. The van der Waals surface area contributed by atoms with Crippen LogP contribution in [0.1, 0.15) is 36.8 Å². The molecule has 0 radical (unpaired) electrons. The molecule has 1 N–H and O–H groups in total. The van der Waals surface area contributed by atoms with Crippen LogP contribution in [0.15, 0.2) is 23.2 Å². The maximum Gasteiger partial charge on any atom is 0.205 e. The lowest BCUT2D eigenvalue weighted by atomic mass is 9.70. The van der Waals surface area contributed by atoms with E-state index in [-0.39, 0.29) is 11.2 Å². The number of hydrogen-bond acceptors (Lipinski definition) is 4. The molecule has 0 heterocycles. The lowest BCUT2D eigenvalue weighted by Crippen LogP contribution is -2.35. The van der Waals surface area contributed by atoms with Gasteiger partial charge in [0.1, 0.15) is 5.75 Å². The minimum absolute atomic E-state index is 0.0408. The van der Waals surface area contributed by atoms with Crippen molar-refractivity contribution in [3.05, 3.63) is 29.3 Å². The van der Waals surface area contributed by atoms with Crippen LogP contribution in [0.2, 0.25) is 0 Å². The molecule has 0 unspecified atom stereocenters. The zero-order valence-corrected chi connectivity index (χ0v) is 11.6. The fourth-order valence-electron chi connectivity index (χ4n) is 3.69. The van der Waals surface area contributed by atoms with E-state index in [1.165, 1.54) is 5.56 Å². The van der Waals surface area contributed by atoms with Crippen LogP contribution in [-0.2, 0) is 11.2 Å². The Morgan fingerprint density at radius 3 is 2.80 bits per heavy atom. The zero-order chi connectivity index (χ0) is 14.2. The van der Waals surface area contributed by atoms with E-state index in [9.17, 15) is 5.11 Å². The van der Waals surface area contributed by atoms with Gasteiger partial charge in [0.05, 0.1) is 11.8 Å². The van der Waals surface area contributed by atoms with Crippen molar-refractivity contribution < 1.29 is 9.84 Å². The van der Waals surface area contributed by atoms with Gasteiger partial charge in [-0.05, 0) is 49.8 Å². The Bertz CT molecular complexity index is 593. The van der Waals surface area contributed by atoms with E-state index in [2.05, 4.69) is 4.99 Å². The summed E-state index contributed by atoms with van der Waals surface area (Å²) in [5.41, 5.74) is 2.96. The molecule has 0 saturated heterocycles. The molecule has 0 bridgehead atoms. The third kappa shape index (κ3) is 1.99. The summed E-state index contributed by atoms with van der Waals surface area (Å²) in [5.74, 6) is 0.233. The smallest absolute Gasteiger partial charge is 0.205 e. The number of hydrogen-bond donors (Lipinski definition) is 1. The third-order valence-corrected chi connectivity index (χ3v) is 4.76. The number of phenols is 1. The van der Waals surface area contributed by atoms with Crippen molar-refractivity contribution in [2.45, 2.75) is 38.2 Å². The van der Waals surface area contributed by atoms with Crippen molar-refractivity contribution in [2.24, 2.45) is 10.4 Å². The molecule has 4 nitrogen and oxygen atoms in total. The summed E-state index contributed by atoms with van der Waals surface area (Å²) < 4.78 is 5.44. The predicted octanol–water partition coefficient (Wildman–Crippen LogP) is 2.79. The first-order chi connectivity index (χ1) is 9.68. The molecule has 20 heavy (non-hydrogen) atoms. The second-order valence-electron chi connectivity index (χ2n) is 5.79. The van der Waals surface area contributed by atoms with Gasteiger partial charge in [-0.2, -0.15) is 10.3 Å². The standard InChI is InChI=1S/C16H18N2O2/c1-20-13-4-6-16(7-5-13)9-11-2-3-12(19)8-14(11)15(16)18-10-17/h2-3,8,13,19H,4-7,9H2,1H3/b18-15-. The lowest BCUT2D eigenvalue weighted by molar-refractivity contribution is 0.0468. The first kappa shape index (κ1) is 13.1. The maximum absolute atomic E-state index is 9.69. The van der Waals surface area contributed by atoms with Crippen LogP contribution in [0.25, 0.3) is 0 Å². The van der Waals surface area contributed by atoms with Crippen LogP contribution in [0.3, 0.4) is 0 Å². The fourth-order valence-corrected chi connectivity index (χ4v) is 3.69. The summed E-state index contributed by atoms with van der Waals surface area (Å²) in [6.45, 7) is 0. The first-order valence-electron chi connectivity index (χ1n) is 7.01. The van der Waals surface area contributed by atoms with Gasteiger partial charge in [0.2, 0.25) is 6.19 Å². The average molecular weight is 270 g/mol. The minimum Gasteiger partial charge on any atom is -0.508 e. The summed E-state index contributed by atoms with van der Waals surface area (Å²) in [4.78, 5) is 4.10. The average Bonchev–Trinajstić information content (AvgIpc) is 2.74. The highest BCUT2D eigenvalue weighted by molar-refractivity contribution is 6.09. The molecule has 2 aliphatic carbocycles. The van der Waals surface area contributed by atoms with E-state index in [4.69, 9.17) is 10.00 Å². The molecule has 3 rings (SSSR count). The van der Waals surface area contributed by atoms with Gasteiger partial charge in [-0.1, -0.05) is 6.07 Å². The maximum atomic E-state index is 9.69. The van der Waals surface area contributed by atoms with Crippen molar-refractivity contribution >= 4 is 5.71 Å². The Hall–Kier alpha value is -1.86. The van der Waals surface area contributed by atoms with Crippen molar-refractivity contribution in [1.29, 1.82) is 5.26 Å². The van der Waals surface area contributed by atoms with E-state index in [1.54, 1.807) is 19.2 Å². The molecule has 1 aromatic carbocycles. The zero-order valence-electron chi connectivity index (χ0n) is 11.6. The molecule has 1 saturated carbocycles. The SMILES string of the molecule is COC1CCC2(CC1)Cc1ccc(O)cc1/C2=N/C#N. The van der Waals surface area contributed by atoms with Gasteiger partial charge in [0, 0.05) is 18.1 Å². The summed E-state index contributed by atoms with van der Waals surface area (Å²) in [7, 11) is 1.76. The Morgan fingerprint density at radius 1 is 1.40 bits per heavy atom. The van der Waals surface area contributed by atoms with Gasteiger partial charge in [0.25, 0.3) is 0 Å². The Kier molecular flexibility index (Phi) is 3.23. The Balaban J connectivity index is 1.99. The van der Waals surface area contributed by atoms with Gasteiger partial charge in [-0.3, -0.25) is 0 Å². The monoisotopic (exact) mass is 270 g/mol. The van der Waals surface area contributed by atoms with Gasteiger partial charge >= 0.3 is 0 Å². The van der Waals surface area contributed by atoms with Crippen LogP contribution < -0.4 is 0 Å². The second-order valence-corrected chi connectivity index (χ2v) is 5.79. The predicted molar refractivity (Wildman–Crippen MR) is 75.7 cm³/mol. The summed E-state index contributed by atoms with van der Waals surface area (Å²) >= 11 is 0. The number of phenolic OH excluding ortho intramolecular Hbond substituents is 1. The highest BCUT2D eigenvalue weighted by Crippen LogP contribution is 2.48. The van der Waals surface area contributed by atoms with Crippen LogP contribution in [0, 0.1) is 16.9 Å². The molecule has 0 atom stereocenters. The molecule has 0 aromatic heterocycles. The third-order valence-electron chi connectivity index (χ3n) is 4.76. The topological polar surface area (TPSA) is 65.6 Å². The van der Waals surface area contributed by atoms with Crippen molar-refractivity contribution in [1.82, 2.24) is 0 Å². The number of nitrogens with zero attached hydrogens (tertiary/aromatic N) is 2. The Labute approximate surface area is 118 Å². The molecule has 1 aromatic rings. The van der Waals surface area contributed by atoms with E-state index in [0.717, 1.165) is 43.4 Å². The molecular formula is C16H18N2O2. The molecule has 1 spiro atoms. The van der Waals surface area contributed by atoms with E-state index >= 15 is 0 Å². The molecular weight excluding hydrogens is 252 g/mol. The first-order valence-corrected chi connectivity index (χ1v) is 7.01. The molecule has 1 fully saturated rings. The Morgan fingerprint density at radius 2 is 2.15 bits per heavy atom. The number of methoxy groups -OCH3 is 1. The van der Waals surface area contributed by atoms with Crippen LogP contribution in [0.4, 0.5) is 0 Å². The van der Waals surface area contributed by atoms with Crippen LogP contribution in [-0.4, -0.2) is 24.0 Å². The molecule has 104 valence electrons. The summed E-state index contributed by atoms with van der Waals surface area (Å²) in [5, 5.41) is 18.7. The van der Waals surface area contributed by atoms with Gasteiger partial charge in [0.15, 0.2) is 0 Å². The molecule has 0 aliphatic heterocycles. The van der Waals surface area contributed by atoms with Crippen LogP contribution >= 0.6 is 0 Å². The van der Waals surface area contributed by atoms with Gasteiger partial charge in [-0.25, -0.2) is 0 Å². The lowest BCUT2D eigenvalue weighted by Gasteiger charge is -2.36. The normalized spacial score (nSPS) is 30.4. The van der Waals surface area contributed by atoms with E-state index in [1.807, 2.05) is 12.3 Å². The van der Waals surface area contributed by atoms with Gasteiger partial charge in [-0.15, -0.1) is 0 Å². The molecule has 2 aliphatic rings. The minimum atomic E-state index is -0.0408. The van der Waals surface area contributed by atoms with E-state index in [0.29, 0.717) is 6.10 Å². The summed E-state index contributed by atoms with van der Waals surface area (Å²) in [6, 6.07) is 5.40. The number of fused-ring (bicyclic) bond motifs is 1. The van der Waals surface area contributed by atoms with Crippen molar-refractivity contribution in [3.63, 3.8) is 0 Å². The van der Waals surface area contributed by atoms with Crippen LogP contribution in [0.5, 0.6) is 5.75 Å². The second kappa shape index (κ2) is 4.92. The van der Waals surface area contributed by atoms with Crippen molar-refractivity contribution in [3.8, 4) is 11.9 Å². The fraction of sp³-hybridized carbons (Fsp3) is 0.500. The number of benzene rings is 1. The van der Waals surface area contributed by atoms with E-state index < -0.39 is 0 Å². The van der Waals surface area contributed by atoms with Crippen molar-refractivity contribution in [2.75, 3.05) is 7.11 Å². The number of aromatic hydroxyl groups is 1. The number of aliphatic imine (C=N–C) groups is 1. The van der Waals surface area contributed by atoms with Gasteiger partial charge < -0.3 is 9.84 Å².